The van der Waals surface area contributed by atoms with Crippen molar-refractivity contribution in [3.63, 3.8) is 0 Å². The van der Waals surface area contributed by atoms with Gasteiger partial charge in [-0.1, -0.05) is 36.4 Å². The molecule has 0 heterocycles. The molecular formula is C17H13F3O2. The van der Waals surface area contributed by atoms with E-state index >= 15 is 0 Å². The molecule has 114 valence electrons. The molecule has 0 amide bonds. The third-order valence-electron chi connectivity index (χ3n) is 3.16. The van der Waals surface area contributed by atoms with Gasteiger partial charge in [-0.2, -0.15) is 13.2 Å². The molecule has 0 aliphatic rings. The zero-order valence-electron chi connectivity index (χ0n) is 11.8. The van der Waals surface area contributed by atoms with Crippen LogP contribution in [-0.4, -0.2) is 11.6 Å². The highest BCUT2D eigenvalue weighted by Gasteiger charge is 2.29. The van der Waals surface area contributed by atoms with Crippen LogP contribution in [0.15, 0.2) is 48.5 Å². The molecule has 0 bridgehead atoms. The van der Waals surface area contributed by atoms with Crippen molar-refractivity contribution < 1.29 is 22.8 Å². The Hall–Kier alpha value is -2.43. The molecule has 0 atom stereocenters. The summed E-state index contributed by atoms with van der Waals surface area (Å²) in [5, 5.41) is 0. The van der Waals surface area contributed by atoms with Crippen molar-refractivity contribution in [2.75, 3.05) is 0 Å². The Morgan fingerprint density at radius 2 is 1.32 bits per heavy atom. The van der Waals surface area contributed by atoms with Gasteiger partial charge in [0, 0.05) is 5.56 Å². The standard InChI is InChI=1S/C17H13F3O2/c1-11(21)10-16(22)14-4-2-12(3-5-14)13-6-8-15(9-7-13)17(18,19)20/h2-9H,10H2,1H3. The van der Waals surface area contributed by atoms with Crippen molar-refractivity contribution >= 4 is 11.6 Å². The number of ketones is 2. The van der Waals surface area contributed by atoms with Gasteiger partial charge in [0.2, 0.25) is 0 Å². The maximum atomic E-state index is 12.5. The molecule has 2 nitrogen and oxygen atoms in total. The molecule has 5 heteroatoms. The largest absolute Gasteiger partial charge is 0.416 e. The van der Waals surface area contributed by atoms with E-state index in [0.29, 0.717) is 16.7 Å². The summed E-state index contributed by atoms with van der Waals surface area (Å²) >= 11 is 0. The molecule has 0 saturated heterocycles. The maximum absolute atomic E-state index is 12.5. The summed E-state index contributed by atoms with van der Waals surface area (Å²) < 4.78 is 37.5. The predicted molar refractivity (Wildman–Crippen MR) is 76.5 cm³/mol. The van der Waals surface area contributed by atoms with Crippen LogP contribution in [-0.2, 0) is 11.0 Å². The highest BCUT2D eigenvalue weighted by Crippen LogP contribution is 2.31. The number of benzene rings is 2. The van der Waals surface area contributed by atoms with Gasteiger partial charge < -0.3 is 0 Å². The molecule has 0 N–H and O–H groups in total. The van der Waals surface area contributed by atoms with E-state index in [9.17, 15) is 22.8 Å². The molecule has 2 aromatic rings. The molecule has 0 aliphatic heterocycles. The van der Waals surface area contributed by atoms with E-state index in [4.69, 9.17) is 0 Å². The van der Waals surface area contributed by atoms with Gasteiger partial charge in [0.25, 0.3) is 0 Å². The summed E-state index contributed by atoms with van der Waals surface area (Å²) in [6.45, 7) is 1.34. The first-order valence-electron chi connectivity index (χ1n) is 6.58. The molecule has 2 aromatic carbocycles. The number of alkyl halides is 3. The molecule has 0 spiro atoms. The van der Waals surface area contributed by atoms with Gasteiger partial charge in [-0.3, -0.25) is 9.59 Å². The van der Waals surface area contributed by atoms with Crippen molar-refractivity contribution in [2.45, 2.75) is 19.5 Å². The van der Waals surface area contributed by atoms with Crippen molar-refractivity contribution in [3.8, 4) is 11.1 Å². The summed E-state index contributed by atoms with van der Waals surface area (Å²) in [6, 6.07) is 11.2. The monoisotopic (exact) mass is 306 g/mol. The van der Waals surface area contributed by atoms with E-state index < -0.39 is 11.7 Å². The van der Waals surface area contributed by atoms with Crippen LogP contribution in [0.2, 0.25) is 0 Å². The van der Waals surface area contributed by atoms with Gasteiger partial charge in [-0.25, -0.2) is 0 Å². The number of rotatable bonds is 4. The molecule has 0 aliphatic carbocycles. The van der Waals surface area contributed by atoms with Gasteiger partial charge >= 0.3 is 6.18 Å². The molecule has 0 saturated carbocycles. The smallest absolute Gasteiger partial charge is 0.300 e. The van der Waals surface area contributed by atoms with E-state index in [1.54, 1.807) is 24.3 Å². The Labute approximate surface area is 125 Å². The highest BCUT2D eigenvalue weighted by atomic mass is 19.4. The van der Waals surface area contributed by atoms with E-state index in [-0.39, 0.29) is 18.0 Å². The summed E-state index contributed by atoms with van der Waals surface area (Å²) in [4.78, 5) is 22.6. The zero-order valence-corrected chi connectivity index (χ0v) is 11.8. The fourth-order valence-electron chi connectivity index (χ4n) is 2.03. The van der Waals surface area contributed by atoms with E-state index in [1.165, 1.54) is 19.1 Å². The Balaban J connectivity index is 2.20. The summed E-state index contributed by atoms with van der Waals surface area (Å²) in [5.41, 5.74) is 1.03. The number of carbonyl (C=O) groups is 2. The van der Waals surface area contributed by atoms with Crippen LogP contribution in [0.1, 0.15) is 29.3 Å². The lowest BCUT2D eigenvalue weighted by atomic mass is 10.00. The van der Waals surface area contributed by atoms with Crippen LogP contribution < -0.4 is 0 Å². The molecule has 0 aromatic heterocycles. The summed E-state index contributed by atoms with van der Waals surface area (Å²) in [7, 11) is 0. The van der Waals surface area contributed by atoms with Gasteiger partial charge in [0.15, 0.2) is 5.78 Å². The van der Waals surface area contributed by atoms with E-state index in [0.717, 1.165) is 12.1 Å². The normalized spacial score (nSPS) is 11.3. The topological polar surface area (TPSA) is 34.1 Å². The molecule has 0 unspecified atom stereocenters. The third kappa shape index (κ3) is 3.81. The maximum Gasteiger partial charge on any atom is 0.416 e. The minimum Gasteiger partial charge on any atom is -0.300 e. The molecular weight excluding hydrogens is 293 g/mol. The predicted octanol–water partition coefficient (Wildman–Crippen LogP) is 4.53. The van der Waals surface area contributed by atoms with E-state index in [1.807, 2.05) is 0 Å². The summed E-state index contributed by atoms with van der Waals surface area (Å²) in [6.07, 6.45) is -4.51. The second-order valence-electron chi connectivity index (χ2n) is 4.95. The zero-order chi connectivity index (χ0) is 16.3. The number of halogens is 3. The lowest BCUT2D eigenvalue weighted by molar-refractivity contribution is -0.137. The van der Waals surface area contributed by atoms with Crippen molar-refractivity contribution in [1.29, 1.82) is 0 Å². The minimum atomic E-state index is -4.36. The average molecular weight is 306 g/mol. The van der Waals surface area contributed by atoms with Crippen LogP contribution in [0.5, 0.6) is 0 Å². The quantitative estimate of drug-likeness (QED) is 0.614. The average Bonchev–Trinajstić information content (AvgIpc) is 2.46. The first-order valence-corrected chi connectivity index (χ1v) is 6.58. The van der Waals surface area contributed by atoms with Gasteiger partial charge in [0.1, 0.15) is 5.78 Å². The lowest BCUT2D eigenvalue weighted by Gasteiger charge is -2.08. The third-order valence-corrected chi connectivity index (χ3v) is 3.16. The summed E-state index contributed by atoms with van der Waals surface area (Å²) in [5.74, 6) is -0.483. The fourth-order valence-corrected chi connectivity index (χ4v) is 2.03. The molecule has 0 fully saturated rings. The lowest BCUT2D eigenvalue weighted by Crippen LogP contribution is -2.04. The van der Waals surface area contributed by atoms with Gasteiger partial charge in [-0.05, 0) is 30.2 Å². The Morgan fingerprint density at radius 3 is 1.73 bits per heavy atom. The minimum absolute atomic E-state index is 0.153. The number of Topliss-reactive ketones (excluding diaryl/α,β-unsaturated/α-hetero) is 2. The number of hydrogen-bond acceptors (Lipinski definition) is 2. The van der Waals surface area contributed by atoms with Crippen molar-refractivity contribution in [3.05, 3.63) is 59.7 Å². The first kappa shape index (κ1) is 15.9. The van der Waals surface area contributed by atoms with Crippen LogP contribution in [0.4, 0.5) is 13.2 Å². The Bertz CT molecular complexity index is 683. The first-order chi connectivity index (χ1) is 10.3. The van der Waals surface area contributed by atoms with Crippen LogP contribution in [0.25, 0.3) is 11.1 Å². The fraction of sp³-hybridized carbons (Fsp3) is 0.176. The SMILES string of the molecule is CC(=O)CC(=O)c1ccc(-c2ccc(C(F)(F)F)cc2)cc1. The van der Waals surface area contributed by atoms with Crippen LogP contribution in [0, 0.1) is 0 Å². The Morgan fingerprint density at radius 1 is 0.864 bits per heavy atom. The van der Waals surface area contributed by atoms with Gasteiger partial charge in [0.05, 0.1) is 12.0 Å². The molecule has 2 rings (SSSR count). The second-order valence-corrected chi connectivity index (χ2v) is 4.95. The Kier molecular flexibility index (Phi) is 4.45. The highest BCUT2D eigenvalue weighted by molar-refractivity contribution is 6.07. The molecule has 0 radical (unpaired) electrons. The molecule has 22 heavy (non-hydrogen) atoms. The van der Waals surface area contributed by atoms with Crippen molar-refractivity contribution in [1.82, 2.24) is 0 Å². The van der Waals surface area contributed by atoms with Gasteiger partial charge in [-0.15, -0.1) is 0 Å². The van der Waals surface area contributed by atoms with Crippen LogP contribution >= 0.6 is 0 Å². The number of carbonyl (C=O) groups excluding carboxylic acids is 2. The number of hydrogen-bond donors (Lipinski definition) is 0. The second kappa shape index (κ2) is 6.13. The van der Waals surface area contributed by atoms with E-state index in [2.05, 4.69) is 0 Å². The van der Waals surface area contributed by atoms with Crippen molar-refractivity contribution in [2.24, 2.45) is 0 Å². The van der Waals surface area contributed by atoms with Crippen LogP contribution in [0.3, 0.4) is 0 Å².